The van der Waals surface area contributed by atoms with Gasteiger partial charge in [-0.3, -0.25) is 0 Å². The van der Waals surface area contributed by atoms with Crippen molar-refractivity contribution in [1.29, 1.82) is 5.41 Å². The van der Waals surface area contributed by atoms with E-state index in [-0.39, 0.29) is 18.5 Å². The summed E-state index contributed by atoms with van der Waals surface area (Å²) >= 11 is 0. The number of rotatable bonds is 4. The Morgan fingerprint density at radius 1 is 0.511 bits per heavy atom. The van der Waals surface area contributed by atoms with Crippen LogP contribution < -0.4 is 0 Å². The molecule has 0 saturated heterocycles. The van der Waals surface area contributed by atoms with Crippen LogP contribution in [0.4, 0.5) is 8.78 Å². The van der Waals surface area contributed by atoms with Crippen LogP contribution in [0, 0.1) is 5.41 Å². The van der Waals surface area contributed by atoms with E-state index in [1.807, 2.05) is 0 Å². The third-order valence-corrected chi connectivity index (χ3v) is 10.5. The lowest BCUT2D eigenvalue weighted by molar-refractivity contribution is 0.633. The van der Waals surface area contributed by atoms with E-state index in [0.29, 0.717) is 0 Å². The zero-order valence-corrected chi connectivity index (χ0v) is 25.5. The molecule has 2 spiro atoms. The first-order valence-electron chi connectivity index (χ1n) is 15.9. The Bertz CT molecular complexity index is 2250. The number of nitrogens with one attached hydrogen (secondary N) is 1. The fourth-order valence-electron chi connectivity index (χ4n) is 8.95. The molecule has 0 heterocycles. The van der Waals surface area contributed by atoms with Gasteiger partial charge in [-0.05, 0) is 78.4 Å². The average molecular weight is 610 g/mol. The van der Waals surface area contributed by atoms with E-state index < -0.39 is 16.7 Å². The molecular weight excluding hydrogens is 580 g/mol. The van der Waals surface area contributed by atoms with Crippen molar-refractivity contribution in [2.24, 2.45) is 0 Å². The highest BCUT2D eigenvalue weighted by Crippen LogP contribution is 2.67. The van der Waals surface area contributed by atoms with Gasteiger partial charge in [-0.15, -0.1) is 0 Å². The van der Waals surface area contributed by atoms with Crippen molar-refractivity contribution in [2.75, 3.05) is 0 Å². The molecule has 0 aromatic heterocycles. The van der Waals surface area contributed by atoms with Crippen molar-refractivity contribution >= 4 is 5.71 Å². The van der Waals surface area contributed by atoms with Crippen LogP contribution >= 0.6 is 0 Å². The third kappa shape index (κ3) is 3.54. The minimum Gasteiger partial charge on any atom is -0.305 e. The highest BCUT2D eigenvalue weighted by molar-refractivity contribution is 5.96. The largest absolute Gasteiger partial charge is 0.305 e. The van der Waals surface area contributed by atoms with Gasteiger partial charge in [0.1, 0.15) is 5.83 Å². The number of hydrogen-bond acceptors (Lipinski definition) is 1. The summed E-state index contributed by atoms with van der Waals surface area (Å²) in [5.41, 5.74) is 14.9. The second-order valence-electron chi connectivity index (χ2n) is 12.6. The monoisotopic (exact) mass is 609 g/mol. The van der Waals surface area contributed by atoms with E-state index in [0.717, 1.165) is 28.8 Å². The Balaban J connectivity index is 1.35. The molecular formula is C44H29F2N. The molecule has 0 atom stereocenters. The van der Waals surface area contributed by atoms with Crippen LogP contribution in [0.2, 0.25) is 0 Å². The molecule has 6 aromatic carbocycles. The molecule has 0 unspecified atom stereocenters. The fraction of sp³-hybridized carbons (Fsp3) is 0.0682. The molecule has 0 bridgehead atoms. The van der Waals surface area contributed by atoms with E-state index >= 15 is 0 Å². The number of fused-ring (bicyclic) bond motifs is 16. The number of allylic oxidation sites excluding steroid dienone is 3. The Morgan fingerprint density at radius 3 is 1.34 bits per heavy atom. The molecule has 0 saturated carbocycles. The molecule has 224 valence electrons. The minimum atomic E-state index is -0.776. The van der Waals surface area contributed by atoms with E-state index in [1.54, 1.807) is 0 Å². The van der Waals surface area contributed by atoms with E-state index in [4.69, 9.17) is 5.41 Å². The highest BCUT2D eigenvalue weighted by Gasteiger charge is 2.58. The van der Waals surface area contributed by atoms with Gasteiger partial charge in [-0.1, -0.05) is 140 Å². The first kappa shape index (κ1) is 27.6. The van der Waals surface area contributed by atoms with Crippen LogP contribution in [-0.2, 0) is 17.3 Å². The lowest BCUT2D eigenvalue weighted by Crippen LogP contribution is -2.43. The quantitative estimate of drug-likeness (QED) is 0.152. The van der Waals surface area contributed by atoms with Crippen molar-refractivity contribution in [3.8, 4) is 22.3 Å². The van der Waals surface area contributed by atoms with Crippen LogP contribution in [0.1, 0.15) is 50.1 Å². The molecule has 0 aliphatic heterocycles. The Morgan fingerprint density at radius 2 is 0.894 bits per heavy atom. The maximum Gasteiger partial charge on any atom is 0.127 e. The molecule has 0 fully saturated rings. The van der Waals surface area contributed by atoms with Crippen molar-refractivity contribution < 1.29 is 8.78 Å². The van der Waals surface area contributed by atoms with E-state index in [9.17, 15) is 8.78 Å². The zero-order chi connectivity index (χ0) is 31.8. The molecule has 0 amide bonds. The molecule has 1 N–H and O–H groups in total. The van der Waals surface area contributed by atoms with Crippen LogP contribution in [0.25, 0.3) is 22.3 Å². The molecule has 47 heavy (non-hydrogen) atoms. The minimum absolute atomic E-state index is 0.0791. The number of halogens is 2. The Hall–Kier alpha value is -5.67. The molecule has 6 aromatic rings. The van der Waals surface area contributed by atoms with Crippen LogP contribution in [-0.4, -0.2) is 5.71 Å². The number of hydrogen-bond donors (Lipinski definition) is 1. The van der Waals surface area contributed by atoms with Gasteiger partial charge in [-0.25, -0.2) is 8.78 Å². The molecule has 0 radical (unpaired) electrons. The summed E-state index contributed by atoms with van der Waals surface area (Å²) in [6.45, 7) is 0. The van der Waals surface area contributed by atoms with Crippen molar-refractivity contribution in [1.82, 2.24) is 0 Å². The fourth-order valence-corrected chi connectivity index (χ4v) is 8.95. The molecule has 3 heteroatoms. The number of benzene rings is 6. The van der Waals surface area contributed by atoms with Gasteiger partial charge in [0.25, 0.3) is 0 Å². The topological polar surface area (TPSA) is 23.9 Å². The van der Waals surface area contributed by atoms with Gasteiger partial charge in [0.05, 0.1) is 17.2 Å². The average Bonchev–Trinajstić information content (AvgIpc) is 3.56. The van der Waals surface area contributed by atoms with Gasteiger partial charge in [0.2, 0.25) is 0 Å². The SMILES string of the molecule is N=C(/C=C(F)\C=C\F)Cc1ccc2c(c1)-c1ccccc1C21c2ccccc2C2(c3ccccc3-c3ccccc32)c2ccccc21. The van der Waals surface area contributed by atoms with Crippen LogP contribution in [0.5, 0.6) is 0 Å². The van der Waals surface area contributed by atoms with E-state index in [1.165, 1.54) is 55.6 Å². The summed E-state index contributed by atoms with van der Waals surface area (Å²) in [7, 11) is 0. The van der Waals surface area contributed by atoms with Gasteiger partial charge < -0.3 is 5.41 Å². The zero-order valence-electron chi connectivity index (χ0n) is 25.5. The van der Waals surface area contributed by atoms with Crippen molar-refractivity contribution in [2.45, 2.75) is 17.3 Å². The molecule has 3 aliphatic carbocycles. The molecule has 1 nitrogen and oxygen atoms in total. The smallest absolute Gasteiger partial charge is 0.127 e. The standard InChI is InChI=1S/C44H29F2N/c45-24-23-29(46)27-30(47)25-28-21-22-38-34(26-28)33-13-3-6-16-37(33)44(38)41-19-9-7-17-39(41)43(40-18-8-10-20-42(40)44)35-14-4-1-11-31(35)32-12-2-5-15-36(32)43/h1-24,26-27,47H,25H2/b24-23+,29-27+,47-30?. The Kier molecular flexibility index (Phi) is 5.98. The lowest BCUT2D eigenvalue weighted by Gasteiger charge is -2.48. The Labute approximate surface area is 272 Å². The normalized spacial score (nSPS) is 15.6. The summed E-state index contributed by atoms with van der Waals surface area (Å²) in [5.74, 6) is -0.776. The second kappa shape index (κ2) is 10.2. The first-order valence-corrected chi connectivity index (χ1v) is 15.9. The first-order chi connectivity index (χ1) is 23.1. The van der Waals surface area contributed by atoms with Crippen LogP contribution in [0.15, 0.2) is 164 Å². The summed E-state index contributed by atoms with van der Waals surface area (Å²) in [6, 6.07) is 50.8. The second-order valence-corrected chi connectivity index (χ2v) is 12.6. The van der Waals surface area contributed by atoms with Crippen molar-refractivity contribution in [3.05, 3.63) is 214 Å². The van der Waals surface area contributed by atoms with E-state index in [2.05, 4.69) is 140 Å². The maximum absolute atomic E-state index is 14.0. The predicted molar refractivity (Wildman–Crippen MR) is 185 cm³/mol. The van der Waals surface area contributed by atoms with Gasteiger partial charge >= 0.3 is 0 Å². The molecule has 3 aliphatic rings. The maximum atomic E-state index is 14.0. The summed E-state index contributed by atoms with van der Waals surface area (Å²) in [5, 5.41) is 8.40. The van der Waals surface area contributed by atoms with Crippen LogP contribution in [0.3, 0.4) is 0 Å². The van der Waals surface area contributed by atoms with Crippen molar-refractivity contribution in [3.63, 3.8) is 0 Å². The summed E-state index contributed by atoms with van der Waals surface area (Å²) in [6.07, 6.45) is 2.18. The lowest BCUT2D eigenvalue weighted by atomic mass is 9.52. The highest BCUT2D eigenvalue weighted by atomic mass is 19.1. The molecule has 9 rings (SSSR count). The van der Waals surface area contributed by atoms with Gasteiger partial charge in [-0.2, -0.15) is 0 Å². The predicted octanol–water partition coefficient (Wildman–Crippen LogP) is 10.6. The summed E-state index contributed by atoms with van der Waals surface area (Å²) < 4.78 is 26.5. The summed E-state index contributed by atoms with van der Waals surface area (Å²) in [4.78, 5) is 0. The van der Waals surface area contributed by atoms with Gasteiger partial charge in [0, 0.05) is 18.2 Å². The van der Waals surface area contributed by atoms with Gasteiger partial charge in [0.15, 0.2) is 0 Å². The third-order valence-electron chi connectivity index (χ3n) is 10.5.